The van der Waals surface area contributed by atoms with Gasteiger partial charge in [0.2, 0.25) is 0 Å². The lowest BCUT2D eigenvalue weighted by Crippen LogP contribution is -2.31. The first-order valence-electron chi connectivity index (χ1n) is 7.54. The SMILES string of the molecule is CNc1snc(C)c1C(=O)N1CC[C@@H](Oc2ccc(Cl)c(Cl)c2)C1. The third kappa shape index (κ3) is 3.45. The number of amides is 1. The minimum Gasteiger partial charge on any atom is -0.488 e. The normalized spacial score (nSPS) is 17.2. The van der Waals surface area contributed by atoms with Crippen LogP contribution in [0, 0.1) is 6.92 Å². The Bertz CT molecular complexity index is 766. The highest BCUT2D eigenvalue weighted by atomic mass is 35.5. The summed E-state index contributed by atoms with van der Waals surface area (Å²) < 4.78 is 10.2. The first-order chi connectivity index (χ1) is 11.5. The van der Waals surface area contributed by atoms with Gasteiger partial charge in [0, 0.05) is 26.1 Å². The van der Waals surface area contributed by atoms with Crippen molar-refractivity contribution in [3.8, 4) is 5.75 Å². The number of hydrogen-bond donors (Lipinski definition) is 1. The van der Waals surface area contributed by atoms with Gasteiger partial charge in [0.1, 0.15) is 16.9 Å². The van der Waals surface area contributed by atoms with Gasteiger partial charge in [-0.3, -0.25) is 4.79 Å². The van der Waals surface area contributed by atoms with Crippen LogP contribution >= 0.6 is 34.7 Å². The molecule has 3 rings (SSSR count). The van der Waals surface area contributed by atoms with Crippen LogP contribution in [0.5, 0.6) is 5.75 Å². The largest absolute Gasteiger partial charge is 0.488 e. The molecule has 1 atom stereocenters. The van der Waals surface area contributed by atoms with Crippen LogP contribution in [0.2, 0.25) is 10.0 Å². The molecular weight excluding hydrogens is 369 g/mol. The monoisotopic (exact) mass is 385 g/mol. The predicted octanol–water partition coefficient (Wildman–Crippen LogP) is 4.09. The Morgan fingerprint density at radius 2 is 2.21 bits per heavy atom. The Balaban J connectivity index is 1.67. The number of rotatable bonds is 4. The van der Waals surface area contributed by atoms with E-state index in [1.165, 1.54) is 11.5 Å². The fourth-order valence-electron chi connectivity index (χ4n) is 2.70. The Morgan fingerprint density at radius 3 is 2.92 bits per heavy atom. The maximum absolute atomic E-state index is 12.8. The molecule has 5 nitrogen and oxygen atoms in total. The number of carbonyl (C=O) groups is 1. The lowest BCUT2D eigenvalue weighted by molar-refractivity contribution is 0.0773. The van der Waals surface area contributed by atoms with Crippen molar-refractivity contribution in [3.05, 3.63) is 39.5 Å². The van der Waals surface area contributed by atoms with Gasteiger partial charge in [0.05, 0.1) is 27.8 Å². The van der Waals surface area contributed by atoms with Crippen molar-refractivity contribution < 1.29 is 9.53 Å². The van der Waals surface area contributed by atoms with Gasteiger partial charge in [-0.2, -0.15) is 4.37 Å². The standard InChI is InChI=1S/C16H17Cl2N3O2S/c1-9-14(15(19-2)24-20-9)16(22)21-6-5-11(8-21)23-10-3-4-12(17)13(18)7-10/h3-4,7,11,19H,5-6,8H2,1-2H3/t11-/m1/s1. The summed E-state index contributed by atoms with van der Waals surface area (Å²) in [6, 6.07) is 5.18. The molecule has 0 aliphatic carbocycles. The van der Waals surface area contributed by atoms with E-state index in [0.29, 0.717) is 34.4 Å². The second-order valence-electron chi connectivity index (χ2n) is 5.58. The van der Waals surface area contributed by atoms with Crippen molar-refractivity contribution in [1.82, 2.24) is 9.27 Å². The van der Waals surface area contributed by atoms with E-state index < -0.39 is 0 Å². The van der Waals surface area contributed by atoms with Crippen molar-refractivity contribution in [1.29, 1.82) is 0 Å². The third-order valence-corrected chi connectivity index (χ3v) is 5.62. The van der Waals surface area contributed by atoms with Gasteiger partial charge in [0.15, 0.2) is 0 Å². The number of carbonyl (C=O) groups excluding carboxylic acids is 1. The number of anilines is 1. The van der Waals surface area contributed by atoms with E-state index in [1.807, 2.05) is 6.92 Å². The summed E-state index contributed by atoms with van der Waals surface area (Å²) in [6.45, 7) is 3.05. The van der Waals surface area contributed by atoms with E-state index in [9.17, 15) is 4.79 Å². The van der Waals surface area contributed by atoms with Gasteiger partial charge >= 0.3 is 0 Å². The minimum absolute atomic E-state index is 0.00848. The molecule has 24 heavy (non-hydrogen) atoms. The lowest BCUT2D eigenvalue weighted by atomic mass is 10.2. The van der Waals surface area contributed by atoms with Crippen LogP contribution in [0.25, 0.3) is 0 Å². The third-order valence-electron chi connectivity index (χ3n) is 3.93. The van der Waals surface area contributed by atoms with Crippen molar-refractivity contribution in [3.63, 3.8) is 0 Å². The number of ether oxygens (including phenoxy) is 1. The number of aromatic nitrogens is 1. The van der Waals surface area contributed by atoms with E-state index in [1.54, 1.807) is 30.1 Å². The Kier molecular flexibility index (Phi) is 5.18. The zero-order chi connectivity index (χ0) is 17.3. The minimum atomic E-state index is -0.0591. The summed E-state index contributed by atoms with van der Waals surface area (Å²) in [5.74, 6) is 0.652. The second kappa shape index (κ2) is 7.17. The smallest absolute Gasteiger partial charge is 0.258 e. The number of likely N-dealkylation sites (tertiary alicyclic amines) is 1. The zero-order valence-electron chi connectivity index (χ0n) is 13.3. The quantitative estimate of drug-likeness (QED) is 0.860. The van der Waals surface area contributed by atoms with Gasteiger partial charge in [-0.05, 0) is 30.6 Å². The first-order valence-corrected chi connectivity index (χ1v) is 9.07. The fourth-order valence-corrected chi connectivity index (χ4v) is 3.73. The van der Waals surface area contributed by atoms with E-state index in [2.05, 4.69) is 9.69 Å². The molecule has 1 N–H and O–H groups in total. The molecule has 1 aromatic heterocycles. The predicted molar refractivity (Wildman–Crippen MR) is 97.8 cm³/mol. The van der Waals surface area contributed by atoms with Crippen LogP contribution in [0.3, 0.4) is 0 Å². The van der Waals surface area contributed by atoms with E-state index in [-0.39, 0.29) is 12.0 Å². The molecule has 1 aliphatic heterocycles. The summed E-state index contributed by atoms with van der Waals surface area (Å²) in [5.41, 5.74) is 1.40. The molecule has 8 heteroatoms. The average Bonchev–Trinajstić information content (AvgIpc) is 3.17. The molecule has 1 saturated heterocycles. The molecule has 0 radical (unpaired) electrons. The maximum Gasteiger partial charge on any atom is 0.258 e. The molecular formula is C16H17Cl2N3O2S. The van der Waals surface area contributed by atoms with Crippen LogP contribution in [-0.2, 0) is 0 Å². The molecule has 0 saturated carbocycles. The van der Waals surface area contributed by atoms with Crippen LogP contribution in [-0.4, -0.2) is 41.4 Å². The topological polar surface area (TPSA) is 54.5 Å². The Morgan fingerprint density at radius 1 is 1.42 bits per heavy atom. The summed E-state index contributed by atoms with van der Waals surface area (Å²) in [4.78, 5) is 14.6. The maximum atomic E-state index is 12.8. The van der Waals surface area contributed by atoms with Crippen molar-refractivity contribution >= 4 is 45.6 Å². The molecule has 1 aliphatic rings. The molecule has 1 aromatic carbocycles. The number of hydrogen-bond acceptors (Lipinski definition) is 5. The summed E-state index contributed by atoms with van der Waals surface area (Å²) in [5, 5.41) is 4.78. The van der Waals surface area contributed by atoms with Crippen LogP contribution in [0.15, 0.2) is 18.2 Å². The average molecular weight is 386 g/mol. The molecule has 0 unspecified atom stereocenters. The van der Waals surface area contributed by atoms with Crippen molar-refractivity contribution in [2.24, 2.45) is 0 Å². The molecule has 0 bridgehead atoms. The molecule has 1 amide bonds. The highest BCUT2D eigenvalue weighted by molar-refractivity contribution is 7.10. The van der Waals surface area contributed by atoms with Crippen molar-refractivity contribution in [2.75, 3.05) is 25.5 Å². The summed E-state index contributed by atoms with van der Waals surface area (Å²) in [7, 11) is 1.80. The van der Waals surface area contributed by atoms with Gasteiger partial charge in [-0.15, -0.1) is 0 Å². The molecule has 1 fully saturated rings. The molecule has 0 spiro atoms. The fraction of sp³-hybridized carbons (Fsp3) is 0.375. The zero-order valence-corrected chi connectivity index (χ0v) is 15.6. The van der Waals surface area contributed by atoms with Gasteiger partial charge in [0.25, 0.3) is 5.91 Å². The van der Waals surface area contributed by atoms with Gasteiger partial charge in [-0.25, -0.2) is 0 Å². The number of nitrogens with zero attached hydrogens (tertiary/aromatic N) is 2. The van der Waals surface area contributed by atoms with Crippen LogP contribution in [0.4, 0.5) is 5.00 Å². The molecule has 2 aromatic rings. The summed E-state index contributed by atoms with van der Waals surface area (Å²) >= 11 is 13.2. The molecule has 2 heterocycles. The highest BCUT2D eigenvalue weighted by Crippen LogP contribution is 2.30. The van der Waals surface area contributed by atoms with Crippen LogP contribution < -0.4 is 10.1 Å². The van der Waals surface area contributed by atoms with E-state index in [0.717, 1.165) is 17.1 Å². The highest BCUT2D eigenvalue weighted by Gasteiger charge is 2.31. The van der Waals surface area contributed by atoms with Gasteiger partial charge in [-0.1, -0.05) is 23.2 Å². The first kappa shape index (κ1) is 17.3. The van der Waals surface area contributed by atoms with Crippen molar-refractivity contribution in [2.45, 2.75) is 19.4 Å². The Labute approximate surface area is 154 Å². The number of halogens is 2. The number of aryl methyl sites for hydroxylation is 1. The second-order valence-corrected chi connectivity index (χ2v) is 7.17. The number of benzene rings is 1. The van der Waals surface area contributed by atoms with E-state index in [4.69, 9.17) is 27.9 Å². The summed E-state index contributed by atoms with van der Waals surface area (Å²) in [6.07, 6.45) is 0.716. The molecule has 128 valence electrons. The Hall–Kier alpha value is -1.50. The van der Waals surface area contributed by atoms with Crippen LogP contribution in [0.1, 0.15) is 22.5 Å². The van der Waals surface area contributed by atoms with E-state index >= 15 is 0 Å². The number of nitrogens with one attached hydrogen (secondary N) is 1. The van der Waals surface area contributed by atoms with Gasteiger partial charge < -0.3 is 15.0 Å². The lowest BCUT2D eigenvalue weighted by Gasteiger charge is -2.18.